The number of carbonyl (C=O) groups is 1. The van der Waals surface area contributed by atoms with Gasteiger partial charge in [0, 0.05) is 0 Å². The Morgan fingerprint density at radius 3 is 1.89 bits per heavy atom. The molecule has 0 spiro atoms. The highest BCUT2D eigenvalue weighted by atomic mass is 16.5. The van der Waals surface area contributed by atoms with Crippen molar-refractivity contribution in [2.24, 2.45) is 5.92 Å². The maximum Gasteiger partial charge on any atom is 0.308 e. The zero-order chi connectivity index (χ0) is 14.3. The average Bonchev–Trinajstić information content (AvgIpc) is 2.41. The molecule has 1 unspecified atom stereocenters. The Morgan fingerprint density at radius 2 is 1.37 bits per heavy atom. The quantitative estimate of drug-likeness (QED) is 0.326. The third-order valence-electron chi connectivity index (χ3n) is 3.62. The van der Waals surface area contributed by atoms with Crippen LogP contribution in [0.15, 0.2) is 0 Å². The smallest absolute Gasteiger partial charge is 0.308 e. The van der Waals surface area contributed by atoms with Gasteiger partial charge in [0.25, 0.3) is 0 Å². The van der Waals surface area contributed by atoms with E-state index in [0.29, 0.717) is 6.61 Å². The van der Waals surface area contributed by atoms with Crippen LogP contribution in [0, 0.1) is 5.92 Å². The Morgan fingerprint density at radius 1 is 0.842 bits per heavy atom. The van der Waals surface area contributed by atoms with E-state index in [1.165, 1.54) is 51.4 Å². The highest BCUT2D eigenvalue weighted by molar-refractivity contribution is 5.71. The zero-order valence-corrected chi connectivity index (χ0v) is 13.4. The van der Waals surface area contributed by atoms with E-state index in [4.69, 9.17) is 4.74 Å². The number of unbranched alkanes of at least 4 members (excludes halogenated alkanes) is 8. The van der Waals surface area contributed by atoms with Crippen molar-refractivity contribution >= 4 is 5.97 Å². The molecule has 0 fully saturated rings. The fourth-order valence-electron chi connectivity index (χ4n) is 2.28. The van der Waals surface area contributed by atoms with Gasteiger partial charge in [0.2, 0.25) is 0 Å². The van der Waals surface area contributed by atoms with E-state index in [2.05, 4.69) is 13.8 Å². The van der Waals surface area contributed by atoms with Gasteiger partial charge in [-0.2, -0.15) is 0 Å². The molecule has 0 saturated heterocycles. The molecule has 0 aromatic carbocycles. The Kier molecular flexibility index (Phi) is 13.5. The van der Waals surface area contributed by atoms with Gasteiger partial charge in [-0.15, -0.1) is 0 Å². The van der Waals surface area contributed by atoms with Gasteiger partial charge in [0.05, 0.1) is 12.5 Å². The number of esters is 1. The first-order chi connectivity index (χ1) is 9.22. The molecule has 0 aromatic rings. The lowest BCUT2D eigenvalue weighted by Crippen LogP contribution is -2.15. The first-order valence-electron chi connectivity index (χ1n) is 8.39. The van der Waals surface area contributed by atoms with Crippen molar-refractivity contribution in [1.29, 1.82) is 0 Å². The fourth-order valence-corrected chi connectivity index (χ4v) is 2.28. The number of rotatable bonds is 13. The van der Waals surface area contributed by atoms with E-state index in [0.717, 1.165) is 19.3 Å². The van der Waals surface area contributed by atoms with Crippen LogP contribution in [-0.2, 0) is 9.53 Å². The summed E-state index contributed by atoms with van der Waals surface area (Å²) in [5, 5.41) is 0. The molecule has 0 aliphatic rings. The summed E-state index contributed by atoms with van der Waals surface area (Å²) in [6, 6.07) is 0. The second kappa shape index (κ2) is 13.9. The van der Waals surface area contributed by atoms with Crippen LogP contribution in [0.2, 0.25) is 0 Å². The van der Waals surface area contributed by atoms with E-state index < -0.39 is 0 Å². The normalized spacial score (nSPS) is 12.4. The third kappa shape index (κ3) is 12.3. The van der Waals surface area contributed by atoms with Crippen LogP contribution < -0.4 is 0 Å². The van der Waals surface area contributed by atoms with Crippen LogP contribution in [-0.4, -0.2) is 12.6 Å². The molecule has 2 nitrogen and oxygen atoms in total. The van der Waals surface area contributed by atoms with Crippen molar-refractivity contribution in [1.82, 2.24) is 0 Å². The molecular formula is C17H34O2. The Balaban J connectivity index is 3.20. The molecule has 1 atom stereocenters. The zero-order valence-electron chi connectivity index (χ0n) is 13.4. The SMILES string of the molecule is CCCCCCCCCCCOC(=O)C(C)CCC. The lowest BCUT2D eigenvalue weighted by Gasteiger charge is -2.10. The summed E-state index contributed by atoms with van der Waals surface area (Å²) in [6.45, 7) is 6.93. The predicted molar refractivity (Wildman–Crippen MR) is 82.3 cm³/mol. The second-order valence-electron chi connectivity index (χ2n) is 5.69. The van der Waals surface area contributed by atoms with Gasteiger partial charge < -0.3 is 4.74 Å². The highest BCUT2D eigenvalue weighted by Crippen LogP contribution is 2.11. The largest absolute Gasteiger partial charge is 0.465 e. The average molecular weight is 270 g/mol. The monoisotopic (exact) mass is 270 g/mol. The van der Waals surface area contributed by atoms with E-state index in [1.807, 2.05) is 6.92 Å². The Hall–Kier alpha value is -0.530. The highest BCUT2D eigenvalue weighted by Gasteiger charge is 2.12. The van der Waals surface area contributed by atoms with Crippen molar-refractivity contribution in [2.75, 3.05) is 6.61 Å². The molecule has 0 aliphatic heterocycles. The van der Waals surface area contributed by atoms with Gasteiger partial charge in [-0.1, -0.05) is 78.6 Å². The topological polar surface area (TPSA) is 26.3 Å². The summed E-state index contributed by atoms with van der Waals surface area (Å²) in [4.78, 5) is 11.5. The van der Waals surface area contributed by atoms with Crippen molar-refractivity contribution in [3.8, 4) is 0 Å². The minimum atomic E-state index is -0.0126. The molecule has 114 valence electrons. The maximum atomic E-state index is 11.5. The van der Waals surface area contributed by atoms with E-state index in [1.54, 1.807) is 0 Å². The van der Waals surface area contributed by atoms with E-state index in [9.17, 15) is 4.79 Å². The van der Waals surface area contributed by atoms with Gasteiger partial charge in [-0.05, 0) is 12.8 Å². The minimum Gasteiger partial charge on any atom is -0.465 e. The van der Waals surface area contributed by atoms with Gasteiger partial charge in [-0.3, -0.25) is 4.79 Å². The first kappa shape index (κ1) is 18.5. The molecule has 0 amide bonds. The Labute approximate surface area is 120 Å². The van der Waals surface area contributed by atoms with Crippen LogP contribution in [0.1, 0.15) is 91.4 Å². The molecule has 0 N–H and O–H groups in total. The van der Waals surface area contributed by atoms with Gasteiger partial charge in [-0.25, -0.2) is 0 Å². The Bertz CT molecular complexity index is 201. The fraction of sp³-hybridized carbons (Fsp3) is 0.941. The van der Waals surface area contributed by atoms with Crippen LogP contribution in [0.4, 0.5) is 0 Å². The third-order valence-corrected chi connectivity index (χ3v) is 3.62. The predicted octanol–water partition coefficient (Wildman–Crippen LogP) is 5.50. The molecule has 0 heterocycles. The molecule has 0 saturated carbocycles. The lowest BCUT2D eigenvalue weighted by molar-refractivity contribution is -0.148. The molecule has 0 aliphatic carbocycles. The van der Waals surface area contributed by atoms with Crippen molar-refractivity contribution in [2.45, 2.75) is 91.4 Å². The summed E-state index contributed by atoms with van der Waals surface area (Å²) in [6.07, 6.45) is 13.7. The number of carbonyl (C=O) groups excluding carboxylic acids is 1. The van der Waals surface area contributed by atoms with Crippen LogP contribution in [0.25, 0.3) is 0 Å². The van der Waals surface area contributed by atoms with E-state index in [-0.39, 0.29) is 11.9 Å². The summed E-state index contributed by atoms with van der Waals surface area (Å²) in [5.74, 6) is 0.0602. The minimum absolute atomic E-state index is 0.0126. The summed E-state index contributed by atoms with van der Waals surface area (Å²) in [5.41, 5.74) is 0. The van der Waals surface area contributed by atoms with Crippen LogP contribution in [0.3, 0.4) is 0 Å². The number of hydrogen-bond acceptors (Lipinski definition) is 2. The van der Waals surface area contributed by atoms with Crippen molar-refractivity contribution in [3.63, 3.8) is 0 Å². The second-order valence-corrected chi connectivity index (χ2v) is 5.69. The molecule has 0 rings (SSSR count). The van der Waals surface area contributed by atoms with Crippen LogP contribution in [0.5, 0.6) is 0 Å². The molecule has 0 aromatic heterocycles. The van der Waals surface area contributed by atoms with Crippen molar-refractivity contribution in [3.05, 3.63) is 0 Å². The number of hydrogen-bond donors (Lipinski definition) is 0. The molecule has 19 heavy (non-hydrogen) atoms. The lowest BCUT2D eigenvalue weighted by atomic mass is 10.1. The number of ether oxygens (including phenoxy) is 1. The van der Waals surface area contributed by atoms with E-state index >= 15 is 0 Å². The summed E-state index contributed by atoms with van der Waals surface area (Å²) >= 11 is 0. The standard InChI is InChI=1S/C17H34O2/c1-4-6-7-8-9-10-11-12-13-15-19-17(18)16(3)14-5-2/h16H,4-15H2,1-3H3. The van der Waals surface area contributed by atoms with Crippen LogP contribution >= 0.6 is 0 Å². The first-order valence-corrected chi connectivity index (χ1v) is 8.39. The maximum absolute atomic E-state index is 11.5. The van der Waals surface area contributed by atoms with Gasteiger partial charge in [0.15, 0.2) is 0 Å². The molecule has 0 radical (unpaired) electrons. The summed E-state index contributed by atoms with van der Waals surface area (Å²) < 4.78 is 5.28. The molecular weight excluding hydrogens is 236 g/mol. The molecule has 2 heteroatoms. The van der Waals surface area contributed by atoms with Gasteiger partial charge >= 0.3 is 5.97 Å². The van der Waals surface area contributed by atoms with Crippen molar-refractivity contribution < 1.29 is 9.53 Å². The van der Waals surface area contributed by atoms with Gasteiger partial charge in [0.1, 0.15) is 0 Å². The summed E-state index contributed by atoms with van der Waals surface area (Å²) in [7, 11) is 0. The molecule has 0 bridgehead atoms.